The fraction of sp³-hybridized carbons (Fsp3) is 1.00. The van der Waals surface area contributed by atoms with Crippen molar-refractivity contribution in [3.63, 3.8) is 0 Å². The molecule has 0 amide bonds. The zero-order valence-electron chi connectivity index (χ0n) is 11.7. The Morgan fingerprint density at radius 2 is 1.56 bits per heavy atom. The van der Waals surface area contributed by atoms with E-state index in [0.29, 0.717) is 5.92 Å². The number of piperidine rings is 1. The molecule has 0 spiro atoms. The van der Waals surface area contributed by atoms with Gasteiger partial charge in [-0.25, -0.2) is 4.39 Å². The fourth-order valence-corrected chi connectivity index (χ4v) is 4.85. The summed E-state index contributed by atoms with van der Waals surface area (Å²) in [5, 5.41) is 0. The molecule has 3 aliphatic rings. The minimum absolute atomic E-state index is 0.384. The Balaban J connectivity index is 1.60. The zero-order valence-corrected chi connectivity index (χ0v) is 11.7. The van der Waals surface area contributed by atoms with Crippen molar-refractivity contribution in [3.05, 3.63) is 0 Å². The van der Waals surface area contributed by atoms with Crippen molar-refractivity contribution in [2.75, 3.05) is 13.1 Å². The van der Waals surface area contributed by atoms with Gasteiger partial charge in [-0.2, -0.15) is 0 Å². The molecule has 1 nitrogen and oxygen atoms in total. The third-order valence-electron chi connectivity index (χ3n) is 5.85. The molecule has 18 heavy (non-hydrogen) atoms. The maximum Gasteiger partial charge on any atom is 0.108 e. The van der Waals surface area contributed by atoms with Gasteiger partial charge in [0.05, 0.1) is 19.1 Å². The van der Waals surface area contributed by atoms with E-state index in [4.69, 9.17) is 0 Å². The van der Waals surface area contributed by atoms with Gasteiger partial charge in [-0.3, -0.25) is 0 Å². The lowest BCUT2D eigenvalue weighted by Crippen LogP contribution is -3.18. The molecule has 1 N–H and O–H groups in total. The van der Waals surface area contributed by atoms with E-state index in [0.717, 1.165) is 37.8 Å². The molecule has 0 bridgehead atoms. The highest BCUT2D eigenvalue weighted by atomic mass is 19.1. The molecule has 3 fully saturated rings. The highest BCUT2D eigenvalue weighted by Crippen LogP contribution is 2.30. The number of nitrogens with one attached hydrogen (secondary N) is 1. The SMILES string of the molecule is FC1CCCCC1C[NH+]1CCCC2CCCCC21. The number of likely N-dealkylation sites (tertiary alicyclic amines) is 1. The van der Waals surface area contributed by atoms with Crippen molar-refractivity contribution in [1.29, 1.82) is 0 Å². The van der Waals surface area contributed by atoms with E-state index in [2.05, 4.69) is 0 Å². The van der Waals surface area contributed by atoms with Gasteiger partial charge in [-0.05, 0) is 44.9 Å². The highest BCUT2D eigenvalue weighted by Gasteiger charge is 2.39. The van der Waals surface area contributed by atoms with Crippen LogP contribution in [-0.4, -0.2) is 25.3 Å². The van der Waals surface area contributed by atoms with Crippen LogP contribution in [0.2, 0.25) is 0 Å². The maximum atomic E-state index is 14.0. The smallest absolute Gasteiger partial charge is 0.108 e. The third kappa shape index (κ3) is 2.74. The number of quaternary nitrogens is 1. The largest absolute Gasteiger partial charge is 0.332 e. The Hall–Kier alpha value is -0.110. The summed E-state index contributed by atoms with van der Waals surface area (Å²) in [4.78, 5) is 1.78. The van der Waals surface area contributed by atoms with Crippen LogP contribution < -0.4 is 4.90 Å². The summed E-state index contributed by atoms with van der Waals surface area (Å²) in [7, 11) is 0. The molecular formula is C16H29FN+. The molecule has 0 radical (unpaired) electrons. The second-order valence-electron chi connectivity index (χ2n) is 6.97. The standard InChI is InChI=1S/C16H28FN/c17-15-9-3-1-7-14(15)12-18-11-5-8-13-6-2-4-10-16(13)18/h13-16H,1-12H2/p+1. The average molecular weight is 254 g/mol. The Kier molecular flexibility index (Phi) is 4.23. The zero-order chi connectivity index (χ0) is 12.4. The van der Waals surface area contributed by atoms with E-state index >= 15 is 0 Å². The summed E-state index contributed by atoms with van der Waals surface area (Å²) in [6.45, 7) is 2.46. The summed E-state index contributed by atoms with van der Waals surface area (Å²) < 4.78 is 14.0. The van der Waals surface area contributed by atoms with Crippen LogP contribution in [0.25, 0.3) is 0 Å². The molecule has 2 saturated carbocycles. The van der Waals surface area contributed by atoms with Crippen LogP contribution in [0.15, 0.2) is 0 Å². The summed E-state index contributed by atoms with van der Waals surface area (Å²) in [5.41, 5.74) is 0. The Morgan fingerprint density at radius 1 is 0.833 bits per heavy atom. The molecular weight excluding hydrogens is 225 g/mol. The maximum absolute atomic E-state index is 14.0. The van der Waals surface area contributed by atoms with Gasteiger partial charge in [-0.1, -0.05) is 19.3 Å². The van der Waals surface area contributed by atoms with E-state index in [1.54, 1.807) is 4.90 Å². The fourth-order valence-electron chi connectivity index (χ4n) is 4.85. The first kappa shape index (κ1) is 12.9. The van der Waals surface area contributed by atoms with Crippen LogP contribution in [0.5, 0.6) is 0 Å². The lowest BCUT2D eigenvalue weighted by atomic mass is 9.77. The molecule has 1 aliphatic heterocycles. The monoisotopic (exact) mass is 254 g/mol. The van der Waals surface area contributed by atoms with E-state index in [9.17, 15) is 4.39 Å². The van der Waals surface area contributed by atoms with Gasteiger partial charge in [0, 0.05) is 11.8 Å². The highest BCUT2D eigenvalue weighted by molar-refractivity contribution is 4.80. The molecule has 0 aromatic rings. The van der Waals surface area contributed by atoms with Crippen LogP contribution in [0.3, 0.4) is 0 Å². The molecule has 2 aliphatic carbocycles. The molecule has 1 saturated heterocycles. The Morgan fingerprint density at radius 3 is 2.44 bits per heavy atom. The molecule has 5 unspecified atom stereocenters. The average Bonchev–Trinajstić information content (AvgIpc) is 2.42. The topological polar surface area (TPSA) is 4.44 Å². The number of halogens is 1. The van der Waals surface area contributed by atoms with Gasteiger partial charge in [0.15, 0.2) is 0 Å². The first-order valence-corrected chi connectivity index (χ1v) is 8.33. The number of fused-ring (bicyclic) bond motifs is 1. The van der Waals surface area contributed by atoms with Crippen LogP contribution in [-0.2, 0) is 0 Å². The van der Waals surface area contributed by atoms with E-state index < -0.39 is 6.17 Å². The number of alkyl halides is 1. The second kappa shape index (κ2) is 5.90. The summed E-state index contributed by atoms with van der Waals surface area (Å²) in [6, 6.07) is 0.890. The molecule has 0 aromatic heterocycles. The van der Waals surface area contributed by atoms with Crippen molar-refractivity contribution >= 4 is 0 Å². The minimum atomic E-state index is -0.491. The number of rotatable bonds is 2. The van der Waals surface area contributed by atoms with E-state index in [1.807, 2.05) is 0 Å². The summed E-state index contributed by atoms with van der Waals surface area (Å²) in [6.07, 6.45) is 12.5. The van der Waals surface area contributed by atoms with Crippen molar-refractivity contribution in [2.24, 2.45) is 11.8 Å². The summed E-state index contributed by atoms with van der Waals surface area (Å²) in [5.74, 6) is 1.36. The molecule has 1 heterocycles. The second-order valence-corrected chi connectivity index (χ2v) is 6.97. The van der Waals surface area contributed by atoms with Gasteiger partial charge in [0.1, 0.15) is 6.17 Å². The van der Waals surface area contributed by atoms with Gasteiger partial charge >= 0.3 is 0 Å². The van der Waals surface area contributed by atoms with Crippen molar-refractivity contribution < 1.29 is 9.29 Å². The molecule has 5 atom stereocenters. The number of hydrogen-bond donors (Lipinski definition) is 1. The lowest BCUT2D eigenvalue weighted by molar-refractivity contribution is -0.939. The first-order valence-electron chi connectivity index (χ1n) is 8.33. The van der Waals surface area contributed by atoms with Crippen molar-refractivity contribution in [1.82, 2.24) is 0 Å². The van der Waals surface area contributed by atoms with Crippen LogP contribution in [0.1, 0.15) is 64.2 Å². The first-order chi connectivity index (χ1) is 8.84. The van der Waals surface area contributed by atoms with E-state index in [-0.39, 0.29) is 0 Å². The molecule has 2 heteroatoms. The lowest BCUT2D eigenvalue weighted by Gasteiger charge is -2.43. The molecule has 104 valence electrons. The van der Waals surface area contributed by atoms with Crippen LogP contribution in [0.4, 0.5) is 4.39 Å². The third-order valence-corrected chi connectivity index (χ3v) is 5.85. The van der Waals surface area contributed by atoms with Gasteiger partial charge in [-0.15, -0.1) is 0 Å². The van der Waals surface area contributed by atoms with Crippen LogP contribution >= 0.6 is 0 Å². The van der Waals surface area contributed by atoms with Crippen molar-refractivity contribution in [3.8, 4) is 0 Å². The predicted octanol–water partition coefficient (Wildman–Crippen LogP) is 2.75. The van der Waals surface area contributed by atoms with Gasteiger partial charge < -0.3 is 4.90 Å². The quantitative estimate of drug-likeness (QED) is 0.773. The molecule has 3 rings (SSSR count). The Bertz CT molecular complexity index is 266. The minimum Gasteiger partial charge on any atom is -0.332 e. The predicted molar refractivity (Wildman–Crippen MR) is 72.5 cm³/mol. The Labute approximate surface area is 111 Å². The van der Waals surface area contributed by atoms with Gasteiger partial charge in [0.2, 0.25) is 0 Å². The van der Waals surface area contributed by atoms with Gasteiger partial charge in [0.25, 0.3) is 0 Å². The molecule has 0 aromatic carbocycles. The normalized spacial score (nSPS) is 45.5. The number of hydrogen-bond acceptors (Lipinski definition) is 0. The van der Waals surface area contributed by atoms with Crippen molar-refractivity contribution in [2.45, 2.75) is 76.4 Å². The van der Waals surface area contributed by atoms with Crippen LogP contribution in [0, 0.1) is 11.8 Å². The summed E-state index contributed by atoms with van der Waals surface area (Å²) >= 11 is 0. The van der Waals surface area contributed by atoms with E-state index in [1.165, 1.54) is 51.5 Å².